The van der Waals surface area contributed by atoms with Crippen LogP contribution in [0.2, 0.25) is 5.02 Å². The Morgan fingerprint density at radius 1 is 1.17 bits per heavy atom. The molecule has 0 fully saturated rings. The van der Waals surface area contributed by atoms with Gasteiger partial charge in [-0.25, -0.2) is 5.01 Å². The third-order valence-electron chi connectivity index (χ3n) is 4.25. The molecule has 0 spiro atoms. The minimum Gasteiger partial charge on any atom is -0.480 e. The first-order valence-corrected chi connectivity index (χ1v) is 7.94. The summed E-state index contributed by atoms with van der Waals surface area (Å²) in [6.45, 7) is 1.75. The number of hydrogen-bond donors (Lipinski definition) is 0. The highest BCUT2D eigenvalue weighted by molar-refractivity contribution is 6.34. The quantitative estimate of drug-likeness (QED) is 0.800. The van der Waals surface area contributed by atoms with E-state index < -0.39 is 6.10 Å². The number of hydrogen-bond acceptors (Lipinski definition) is 3. The van der Waals surface area contributed by atoms with Gasteiger partial charge in [0.05, 0.1) is 11.8 Å². The Labute approximate surface area is 139 Å². The van der Waals surface area contributed by atoms with Gasteiger partial charge >= 0.3 is 0 Å². The molecule has 4 rings (SSSR count). The highest BCUT2D eigenvalue weighted by Gasteiger charge is 2.40. The highest BCUT2D eigenvalue weighted by atomic mass is 35.5. The van der Waals surface area contributed by atoms with Gasteiger partial charge in [-0.15, -0.1) is 0 Å². The largest absolute Gasteiger partial charge is 0.480 e. The van der Waals surface area contributed by atoms with E-state index in [1.807, 2.05) is 48.5 Å². The van der Waals surface area contributed by atoms with Gasteiger partial charge in [0.15, 0.2) is 6.10 Å². The van der Waals surface area contributed by atoms with Crippen LogP contribution in [0.5, 0.6) is 5.75 Å². The molecule has 2 heterocycles. The van der Waals surface area contributed by atoms with Gasteiger partial charge in [-0.05, 0) is 19.1 Å². The Hall–Kier alpha value is -2.33. The molecule has 116 valence electrons. The number of fused-ring (bicyclic) bond motifs is 3. The Bertz CT molecular complexity index is 818. The predicted molar refractivity (Wildman–Crippen MR) is 88.7 cm³/mol. The third kappa shape index (κ3) is 2.30. The Balaban J connectivity index is 1.80. The smallest absolute Gasteiger partial charge is 0.283 e. The van der Waals surface area contributed by atoms with E-state index in [9.17, 15) is 4.79 Å². The van der Waals surface area contributed by atoms with Crippen LogP contribution in [-0.4, -0.2) is 22.7 Å². The number of ether oxygens (including phenoxy) is 1. The molecule has 0 aromatic heterocycles. The lowest BCUT2D eigenvalue weighted by molar-refractivity contribution is -0.138. The molecule has 5 heteroatoms. The monoisotopic (exact) mass is 326 g/mol. The van der Waals surface area contributed by atoms with Crippen molar-refractivity contribution in [1.29, 1.82) is 0 Å². The number of nitrogens with zero attached hydrogens (tertiary/aromatic N) is 2. The van der Waals surface area contributed by atoms with E-state index in [2.05, 4.69) is 5.10 Å². The fourth-order valence-electron chi connectivity index (χ4n) is 3.10. The second kappa shape index (κ2) is 5.39. The van der Waals surface area contributed by atoms with Crippen molar-refractivity contribution < 1.29 is 9.53 Å². The molecule has 4 nitrogen and oxygen atoms in total. The molecule has 0 bridgehead atoms. The molecule has 1 amide bonds. The van der Waals surface area contributed by atoms with Crippen LogP contribution >= 0.6 is 11.6 Å². The van der Waals surface area contributed by atoms with Crippen LogP contribution in [0.25, 0.3) is 0 Å². The summed E-state index contributed by atoms with van der Waals surface area (Å²) in [7, 11) is 0. The minimum atomic E-state index is -0.560. The van der Waals surface area contributed by atoms with Gasteiger partial charge in [-0.3, -0.25) is 4.79 Å². The zero-order chi connectivity index (χ0) is 16.0. The lowest BCUT2D eigenvalue weighted by atomic mass is 9.98. The van der Waals surface area contributed by atoms with E-state index in [0.29, 0.717) is 11.4 Å². The number of halogens is 1. The molecule has 2 unspecified atom stereocenters. The van der Waals surface area contributed by atoms with E-state index in [1.165, 1.54) is 0 Å². The van der Waals surface area contributed by atoms with Crippen molar-refractivity contribution in [3.8, 4) is 5.75 Å². The molecule has 2 aliphatic rings. The number of carbonyl (C=O) groups excluding carboxylic acids is 1. The van der Waals surface area contributed by atoms with Gasteiger partial charge < -0.3 is 4.74 Å². The number of para-hydroxylation sites is 1. The van der Waals surface area contributed by atoms with Gasteiger partial charge in [0, 0.05) is 22.6 Å². The number of carbonyl (C=O) groups is 1. The molecule has 0 saturated heterocycles. The van der Waals surface area contributed by atoms with Crippen LogP contribution in [0.3, 0.4) is 0 Å². The molecular weight excluding hydrogens is 312 g/mol. The zero-order valence-electron chi connectivity index (χ0n) is 12.6. The van der Waals surface area contributed by atoms with Crippen molar-refractivity contribution >= 4 is 23.2 Å². The molecule has 23 heavy (non-hydrogen) atoms. The molecule has 0 saturated carbocycles. The molecule has 2 aromatic carbocycles. The standard InChI is InChI=1S/C18H15ClN2O2/c1-11-18(22)21-16(13-7-3-5-9-17(13)23-11)10-15(20-21)12-6-2-4-8-14(12)19/h2-9,11,16H,10H2,1H3. The number of hydrazone groups is 1. The van der Waals surface area contributed by atoms with Crippen molar-refractivity contribution in [3.63, 3.8) is 0 Å². The average Bonchev–Trinajstić information content (AvgIpc) is 2.96. The molecular formula is C18H15ClN2O2. The van der Waals surface area contributed by atoms with E-state index in [-0.39, 0.29) is 11.9 Å². The maximum Gasteiger partial charge on any atom is 0.283 e. The molecule has 0 aliphatic carbocycles. The molecule has 0 N–H and O–H groups in total. The summed E-state index contributed by atoms with van der Waals surface area (Å²) in [5.74, 6) is 0.615. The maximum atomic E-state index is 12.6. The van der Waals surface area contributed by atoms with Gasteiger partial charge in [0.25, 0.3) is 5.91 Å². The lowest BCUT2D eigenvalue weighted by Gasteiger charge is -2.19. The highest BCUT2D eigenvalue weighted by Crippen LogP contribution is 2.41. The number of amides is 1. The van der Waals surface area contributed by atoms with Crippen molar-refractivity contribution in [2.45, 2.75) is 25.5 Å². The Kier molecular flexibility index (Phi) is 3.34. The van der Waals surface area contributed by atoms with Crippen LogP contribution in [0.4, 0.5) is 0 Å². The van der Waals surface area contributed by atoms with Gasteiger partial charge in [0.1, 0.15) is 5.75 Å². The average molecular weight is 327 g/mol. The first kappa shape index (κ1) is 14.3. The summed E-state index contributed by atoms with van der Waals surface area (Å²) >= 11 is 6.29. The fourth-order valence-corrected chi connectivity index (χ4v) is 3.35. The number of rotatable bonds is 1. The topological polar surface area (TPSA) is 41.9 Å². The van der Waals surface area contributed by atoms with Crippen LogP contribution in [-0.2, 0) is 4.79 Å². The number of benzene rings is 2. The Morgan fingerprint density at radius 2 is 1.91 bits per heavy atom. The van der Waals surface area contributed by atoms with Crippen LogP contribution in [0.15, 0.2) is 53.6 Å². The lowest BCUT2D eigenvalue weighted by Crippen LogP contribution is -2.34. The SMILES string of the molecule is CC1Oc2ccccc2C2CC(c3ccccc3Cl)=NN2C1=O. The molecule has 0 radical (unpaired) electrons. The van der Waals surface area contributed by atoms with Crippen LogP contribution < -0.4 is 4.74 Å². The summed E-state index contributed by atoms with van der Waals surface area (Å²) in [5, 5.41) is 6.77. The second-order valence-electron chi connectivity index (χ2n) is 5.73. The van der Waals surface area contributed by atoms with Crippen LogP contribution in [0, 0.1) is 0 Å². The van der Waals surface area contributed by atoms with E-state index in [0.717, 1.165) is 22.6 Å². The summed E-state index contributed by atoms with van der Waals surface area (Å²) in [6, 6.07) is 15.2. The van der Waals surface area contributed by atoms with Crippen molar-refractivity contribution in [3.05, 3.63) is 64.7 Å². The van der Waals surface area contributed by atoms with E-state index in [4.69, 9.17) is 16.3 Å². The molecule has 2 atom stereocenters. The van der Waals surface area contributed by atoms with Gasteiger partial charge in [-0.1, -0.05) is 48.0 Å². The summed E-state index contributed by atoms with van der Waals surface area (Å²) in [4.78, 5) is 12.6. The molecule has 2 aliphatic heterocycles. The predicted octanol–water partition coefficient (Wildman–Crippen LogP) is 3.80. The zero-order valence-corrected chi connectivity index (χ0v) is 13.3. The van der Waals surface area contributed by atoms with Crippen molar-refractivity contribution in [1.82, 2.24) is 5.01 Å². The maximum absolute atomic E-state index is 12.6. The fraction of sp³-hybridized carbons (Fsp3) is 0.222. The summed E-state index contributed by atoms with van der Waals surface area (Å²) < 4.78 is 5.78. The second-order valence-corrected chi connectivity index (χ2v) is 6.13. The summed E-state index contributed by atoms with van der Waals surface area (Å²) in [5.41, 5.74) is 2.69. The van der Waals surface area contributed by atoms with Crippen molar-refractivity contribution in [2.75, 3.05) is 0 Å². The summed E-state index contributed by atoms with van der Waals surface area (Å²) in [6.07, 6.45) is 0.0678. The van der Waals surface area contributed by atoms with Crippen molar-refractivity contribution in [2.24, 2.45) is 5.10 Å². The van der Waals surface area contributed by atoms with Crippen LogP contribution in [0.1, 0.15) is 30.5 Å². The molecule has 2 aromatic rings. The van der Waals surface area contributed by atoms with Gasteiger partial charge in [0.2, 0.25) is 0 Å². The Morgan fingerprint density at radius 3 is 2.74 bits per heavy atom. The third-order valence-corrected chi connectivity index (χ3v) is 4.58. The minimum absolute atomic E-state index is 0.131. The van der Waals surface area contributed by atoms with Gasteiger partial charge in [-0.2, -0.15) is 5.10 Å². The van der Waals surface area contributed by atoms with E-state index in [1.54, 1.807) is 11.9 Å². The van der Waals surface area contributed by atoms with E-state index >= 15 is 0 Å². The first-order chi connectivity index (χ1) is 11.1. The first-order valence-electron chi connectivity index (χ1n) is 7.56. The normalized spacial score (nSPS) is 22.8.